The van der Waals surface area contributed by atoms with Crippen LogP contribution >= 0.6 is 0 Å². The first kappa shape index (κ1) is 14.5. The Morgan fingerprint density at radius 3 is 2.38 bits per heavy atom. The molecule has 24 heavy (non-hydrogen) atoms. The molecule has 4 aromatic rings. The number of hydrogen-bond donors (Lipinski definition) is 1. The van der Waals surface area contributed by atoms with Gasteiger partial charge in [0.25, 0.3) is 0 Å². The predicted molar refractivity (Wildman–Crippen MR) is 91.3 cm³/mol. The van der Waals surface area contributed by atoms with Gasteiger partial charge in [0.1, 0.15) is 17.7 Å². The van der Waals surface area contributed by atoms with Crippen molar-refractivity contribution in [3.8, 4) is 0 Å². The van der Waals surface area contributed by atoms with E-state index in [1.54, 1.807) is 17.1 Å². The second kappa shape index (κ2) is 6.22. The molecule has 0 aliphatic rings. The summed E-state index contributed by atoms with van der Waals surface area (Å²) in [5.41, 5.74) is 3.38. The number of hydrogen-bond acceptors (Lipinski definition) is 4. The van der Waals surface area contributed by atoms with E-state index in [0.29, 0.717) is 0 Å². The van der Waals surface area contributed by atoms with E-state index >= 15 is 0 Å². The molecule has 2 unspecified atom stereocenters. The van der Waals surface area contributed by atoms with Crippen molar-refractivity contribution in [2.24, 2.45) is 0 Å². The molecule has 5 heteroatoms. The summed E-state index contributed by atoms with van der Waals surface area (Å²) < 4.78 is 1.77. The number of aromatic nitrogens is 4. The van der Waals surface area contributed by atoms with Crippen LogP contribution in [0.15, 0.2) is 79.1 Å². The third kappa shape index (κ3) is 2.55. The maximum atomic E-state index is 11.0. The lowest BCUT2D eigenvalue weighted by atomic mass is 9.97. The molecule has 0 saturated carbocycles. The predicted octanol–water partition coefficient (Wildman–Crippen LogP) is 3.15. The van der Waals surface area contributed by atoms with Gasteiger partial charge < -0.3 is 5.11 Å². The molecule has 118 valence electrons. The quantitative estimate of drug-likeness (QED) is 0.628. The Morgan fingerprint density at radius 1 is 0.833 bits per heavy atom. The molecule has 2 atom stereocenters. The molecule has 0 aliphatic heterocycles. The summed E-state index contributed by atoms with van der Waals surface area (Å²) in [5, 5.41) is 19.6. The van der Waals surface area contributed by atoms with Crippen LogP contribution in [0.3, 0.4) is 0 Å². The van der Waals surface area contributed by atoms with Crippen LogP contribution in [0.2, 0.25) is 0 Å². The maximum Gasteiger partial charge on any atom is 0.113 e. The number of fused-ring (bicyclic) bond motifs is 1. The summed E-state index contributed by atoms with van der Waals surface area (Å²) in [6.07, 6.45) is 2.71. The van der Waals surface area contributed by atoms with E-state index in [1.807, 2.05) is 66.7 Å². The molecule has 0 spiro atoms. The summed E-state index contributed by atoms with van der Waals surface area (Å²) in [5.74, 6) is 0. The lowest BCUT2D eigenvalue weighted by Gasteiger charge is -2.24. The number of para-hydroxylation sites is 1. The highest BCUT2D eigenvalue weighted by Gasteiger charge is 2.27. The molecular weight excluding hydrogens is 300 g/mol. The Kier molecular flexibility index (Phi) is 3.76. The van der Waals surface area contributed by atoms with E-state index in [2.05, 4.69) is 15.3 Å². The summed E-state index contributed by atoms with van der Waals surface area (Å²) in [6, 6.07) is 20.7. The molecule has 0 aliphatic carbocycles. The molecule has 0 fully saturated rings. The van der Waals surface area contributed by atoms with Gasteiger partial charge in [-0.1, -0.05) is 53.7 Å². The molecule has 0 radical (unpaired) electrons. The Morgan fingerprint density at radius 2 is 1.58 bits per heavy atom. The zero-order chi connectivity index (χ0) is 16.4. The Balaban J connectivity index is 1.88. The third-order valence-electron chi connectivity index (χ3n) is 4.11. The van der Waals surface area contributed by atoms with Crippen LogP contribution in [0.5, 0.6) is 0 Å². The van der Waals surface area contributed by atoms with E-state index in [9.17, 15) is 5.11 Å². The normalized spacial score (nSPS) is 13.7. The first-order valence-corrected chi connectivity index (χ1v) is 7.77. The van der Waals surface area contributed by atoms with Gasteiger partial charge in [-0.05, 0) is 29.3 Å². The van der Waals surface area contributed by atoms with Gasteiger partial charge in [-0.3, -0.25) is 4.98 Å². The summed E-state index contributed by atoms with van der Waals surface area (Å²) in [7, 11) is 0. The summed E-state index contributed by atoms with van der Waals surface area (Å²) in [4.78, 5) is 4.20. The number of aliphatic hydroxyl groups excluding tert-OH is 1. The first-order chi connectivity index (χ1) is 11.8. The molecule has 0 saturated heterocycles. The molecule has 4 rings (SSSR count). The van der Waals surface area contributed by atoms with Crippen LogP contribution < -0.4 is 0 Å². The highest BCUT2D eigenvalue weighted by Crippen LogP contribution is 2.33. The molecule has 0 amide bonds. The van der Waals surface area contributed by atoms with Crippen molar-refractivity contribution >= 4 is 11.0 Å². The lowest BCUT2D eigenvalue weighted by Crippen LogP contribution is -2.20. The summed E-state index contributed by atoms with van der Waals surface area (Å²) >= 11 is 0. The molecule has 2 aromatic carbocycles. The van der Waals surface area contributed by atoms with Crippen LogP contribution in [0.4, 0.5) is 0 Å². The SMILES string of the molecule is OC(c1ccccc1)C(c1cccnc1)n1nnc2ccccc21. The average Bonchev–Trinajstić information content (AvgIpc) is 3.07. The van der Waals surface area contributed by atoms with Crippen LogP contribution in [0.1, 0.15) is 23.3 Å². The molecular formula is C19H16N4O. The van der Waals surface area contributed by atoms with Crippen LogP contribution in [-0.4, -0.2) is 25.1 Å². The number of benzene rings is 2. The van der Waals surface area contributed by atoms with E-state index in [0.717, 1.165) is 22.2 Å². The van der Waals surface area contributed by atoms with Crippen molar-refractivity contribution in [1.82, 2.24) is 20.0 Å². The second-order valence-electron chi connectivity index (χ2n) is 5.61. The Hall–Kier alpha value is -3.05. The number of nitrogens with zero attached hydrogens (tertiary/aromatic N) is 4. The van der Waals surface area contributed by atoms with Gasteiger partial charge in [-0.25, -0.2) is 4.68 Å². The van der Waals surface area contributed by atoms with Gasteiger partial charge in [0.05, 0.1) is 5.52 Å². The zero-order valence-corrected chi connectivity index (χ0v) is 12.9. The maximum absolute atomic E-state index is 11.0. The first-order valence-electron chi connectivity index (χ1n) is 7.77. The van der Waals surface area contributed by atoms with E-state index in [1.165, 1.54) is 0 Å². The minimum Gasteiger partial charge on any atom is -0.386 e. The highest BCUT2D eigenvalue weighted by molar-refractivity contribution is 5.74. The number of aliphatic hydroxyl groups is 1. The molecule has 5 nitrogen and oxygen atoms in total. The fraction of sp³-hybridized carbons (Fsp3) is 0.105. The Bertz CT molecular complexity index is 937. The van der Waals surface area contributed by atoms with Gasteiger partial charge in [-0.2, -0.15) is 0 Å². The van der Waals surface area contributed by atoms with Crippen LogP contribution in [-0.2, 0) is 0 Å². The second-order valence-corrected chi connectivity index (χ2v) is 5.61. The van der Waals surface area contributed by atoms with Gasteiger partial charge in [0.2, 0.25) is 0 Å². The Labute approximate surface area is 139 Å². The van der Waals surface area contributed by atoms with E-state index in [-0.39, 0.29) is 0 Å². The van der Waals surface area contributed by atoms with Crippen molar-refractivity contribution in [1.29, 1.82) is 0 Å². The standard InChI is InChI=1S/C19H16N4O/c24-19(14-7-2-1-3-8-14)18(15-9-6-12-20-13-15)23-17-11-5-4-10-16(17)21-22-23/h1-13,18-19,24H. The minimum absolute atomic E-state index is 0.409. The number of pyridine rings is 1. The highest BCUT2D eigenvalue weighted by atomic mass is 16.3. The van der Waals surface area contributed by atoms with Crippen molar-refractivity contribution in [3.05, 3.63) is 90.3 Å². The third-order valence-corrected chi connectivity index (χ3v) is 4.11. The van der Waals surface area contributed by atoms with Gasteiger partial charge in [0, 0.05) is 12.4 Å². The lowest BCUT2D eigenvalue weighted by molar-refractivity contribution is 0.126. The largest absolute Gasteiger partial charge is 0.386 e. The van der Waals surface area contributed by atoms with Gasteiger partial charge in [0.15, 0.2) is 0 Å². The van der Waals surface area contributed by atoms with Gasteiger partial charge >= 0.3 is 0 Å². The van der Waals surface area contributed by atoms with Crippen molar-refractivity contribution in [2.45, 2.75) is 12.1 Å². The molecule has 1 N–H and O–H groups in total. The number of rotatable bonds is 4. The van der Waals surface area contributed by atoms with Crippen molar-refractivity contribution < 1.29 is 5.11 Å². The van der Waals surface area contributed by atoms with Crippen LogP contribution in [0, 0.1) is 0 Å². The smallest absolute Gasteiger partial charge is 0.113 e. The van der Waals surface area contributed by atoms with E-state index < -0.39 is 12.1 Å². The van der Waals surface area contributed by atoms with Crippen molar-refractivity contribution in [2.75, 3.05) is 0 Å². The zero-order valence-electron chi connectivity index (χ0n) is 12.9. The van der Waals surface area contributed by atoms with Gasteiger partial charge in [-0.15, -0.1) is 5.10 Å². The minimum atomic E-state index is -0.763. The van der Waals surface area contributed by atoms with E-state index in [4.69, 9.17) is 0 Å². The monoisotopic (exact) mass is 316 g/mol. The molecule has 0 bridgehead atoms. The van der Waals surface area contributed by atoms with Crippen molar-refractivity contribution in [3.63, 3.8) is 0 Å². The molecule has 2 heterocycles. The fourth-order valence-corrected chi connectivity index (χ4v) is 2.93. The molecule has 2 aromatic heterocycles. The average molecular weight is 316 g/mol. The fourth-order valence-electron chi connectivity index (χ4n) is 2.93. The summed E-state index contributed by atoms with van der Waals surface area (Å²) in [6.45, 7) is 0. The topological polar surface area (TPSA) is 63.8 Å². The van der Waals surface area contributed by atoms with Crippen LogP contribution in [0.25, 0.3) is 11.0 Å².